The molecule has 5 nitrogen and oxygen atoms in total. The Labute approximate surface area is 203 Å². The van der Waals surface area contributed by atoms with Crippen LogP contribution in [0, 0.1) is 0 Å². The molecule has 2 N–H and O–H groups in total. The topological polar surface area (TPSA) is 65.2 Å². The van der Waals surface area contributed by atoms with E-state index in [0.717, 1.165) is 33.3 Å². The number of aromatic amines is 1. The van der Waals surface area contributed by atoms with E-state index in [1.165, 1.54) is 0 Å². The zero-order valence-corrected chi connectivity index (χ0v) is 18.9. The number of carbonyl (C=O) groups excluding carboxylic acids is 2. The van der Waals surface area contributed by atoms with Crippen LogP contribution in [-0.2, 0) is 4.79 Å². The highest BCUT2D eigenvalue weighted by atomic mass is 16.2. The van der Waals surface area contributed by atoms with E-state index in [4.69, 9.17) is 0 Å². The van der Waals surface area contributed by atoms with Gasteiger partial charge in [0.25, 0.3) is 5.91 Å². The second-order valence-electron chi connectivity index (χ2n) is 8.66. The number of H-pyrrole nitrogens is 1. The highest BCUT2D eigenvalue weighted by Gasteiger charge is 2.40. The first-order chi connectivity index (χ1) is 17.2. The molecular formula is C30H23N3O2. The molecular weight excluding hydrogens is 434 g/mol. The van der Waals surface area contributed by atoms with E-state index in [-0.39, 0.29) is 18.4 Å². The van der Waals surface area contributed by atoms with Crippen LogP contribution in [0.4, 0.5) is 5.69 Å². The average Bonchev–Trinajstić information content (AvgIpc) is 3.40. The van der Waals surface area contributed by atoms with Crippen LogP contribution in [0.3, 0.4) is 0 Å². The van der Waals surface area contributed by atoms with Gasteiger partial charge in [0.2, 0.25) is 5.91 Å². The molecule has 0 unspecified atom stereocenters. The molecule has 4 aromatic carbocycles. The number of aromatic nitrogens is 1. The molecule has 1 aliphatic rings. The molecule has 2 amide bonds. The van der Waals surface area contributed by atoms with E-state index < -0.39 is 6.04 Å². The monoisotopic (exact) mass is 457 g/mol. The van der Waals surface area contributed by atoms with Crippen LogP contribution in [-0.4, -0.2) is 28.2 Å². The van der Waals surface area contributed by atoms with Crippen LogP contribution in [0.1, 0.15) is 27.5 Å². The minimum absolute atomic E-state index is 0.0548. The van der Waals surface area contributed by atoms with Crippen LogP contribution in [0.25, 0.3) is 22.2 Å². The first-order valence-corrected chi connectivity index (χ1v) is 11.6. The van der Waals surface area contributed by atoms with Gasteiger partial charge in [0, 0.05) is 27.7 Å². The van der Waals surface area contributed by atoms with Crippen LogP contribution in [0.2, 0.25) is 0 Å². The second kappa shape index (κ2) is 8.61. The normalized spacial score (nSPS) is 14.8. The third kappa shape index (κ3) is 3.67. The molecule has 1 aromatic heterocycles. The van der Waals surface area contributed by atoms with Gasteiger partial charge in [-0.3, -0.25) is 9.59 Å². The second-order valence-corrected chi connectivity index (χ2v) is 8.66. The number of hydrogen-bond donors (Lipinski definition) is 2. The quantitative estimate of drug-likeness (QED) is 0.339. The van der Waals surface area contributed by atoms with Gasteiger partial charge in [-0.1, -0.05) is 84.9 Å². The van der Waals surface area contributed by atoms with Gasteiger partial charge in [0.05, 0.1) is 11.7 Å². The third-order valence-corrected chi connectivity index (χ3v) is 6.51. The molecule has 5 heteroatoms. The van der Waals surface area contributed by atoms with Crippen LogP contribution < -0.4 is 5.32 Å². The van der Waals surface area contributed by atoms with Crippen molar-refractivity contribution in [3.63, 3.8) is 0 Å². The fourth-order valence-electron chi connectivity index (χ4n) is 5.00. The highest BCUT2D eigenvalue weighted by Crippen LogP contribution is 2.45. The lowest BCUT2D eigenvalue weighted by molar-refractivity contribution is -0.117. The van der Waals surface area contributed by atoms with E-state index in [1.54, 1.807) is 4.90 Å². The largest absolute Gasteiger partial charge is 0.354 e. The summed E-state index contributed by atoms with van der Waals surface area (Å²) in [7, 11) is 0. The minimum Gasteiger partial charge on any atom is -0.354 e. The standard InChI is InChI=1S/C30H23N3O2/c34-26(31-21-13-5-2-6-14-21)19-33-29(22-15-7-8-16-23(22)30(33)35)27-24-17-9-10-18-25(24)32-28(27)20-11-3-1-4-12-20/h1-18,29,32H,19H2,(H,31,34)/t29-/m0/s1. The number of nitrogens with one attached hydrogen (secondary N) is 2. The van der Waals surface area contributed by atoms with E-state index in [0.29, 0.717) is 11.3 Å². The van der Waals surface area contributed by atoms with Gasteiger partial charge in [-0.2, -0.15) is 0 Å². The molecule has 35 heavy (non-hydrogen) atoms. The Morgan fingerprint density at radius 2 is 1.46 bits per heavy atom. The lowest BCUT2D eigenvalue weighted by Crippen LogP contribution is -2.36. The maximum atomic E-state index is 13.6. The highest BCUT2D eigenvalue weighted by molar-refractivity contribution is 6.05. The van der Waals surface area contributed by atoms with Crippen molar-refractivity contribution in [3.05, 3.63) is 126 Å². The summed E-state index contributed by atoms with van der Waals surface area (Å²) in [6.45, 7) is -0.0548. The predicted octanol–water partition coefficient (Wildman–Crippen LogP) is 6.02. The number of nitrogens with zero attached hydrogens (tertiary/aromatic N) is 1. The van der Waals surface area contributed by atoms with Crippen molar-refractivity contribution in [1.82, 2.24) is 9.88 Å². The molecule has 0 spiro atoms. The van der Waals surface area contributed by atoms with Gasteiger partial charge in [0.1, 0.15) is 6.54 Å². The summed E-state index contributed by atoms with van der Waals surface area (Å²) in [5.74, 6) is -0.374. The van der Waals surface area contributed by atoms with Crippen molar-refractivity contribution in [3.8, 4) is 11.3 Å². The third-order valence-electron chi connectivity index (χ3n) is 6.51. The van der Waals surface area contributed by atoms with Gasteiger partial charge < -0.3 is 15.2 Å². The molecule has 170 valence electrons. The molecule has 0 fully saturated rings. The summed E-state index contributed by atoms with van der Waals surface area (Å²) in [5, 5.41) is 3.96. The summed E-state index contributed by atoms with van der Waals surface area (Å²) in [4.78, 5) is 32.0. The molecule has 0 aliphatic carbocycles. The van der Waals surface area contributed by atoms with Crippen LogP contribution in [0.5, 0.6) is 0 Å². The molecule has 0 bridgehead atoms. The van der Waals surface area contributed by atoms with Gasteiger partial charge in [-0.25, -0.2) is 0 Å². The summed E-state index contributed by atoms with van der Waals surface area (Å²) in [6, 6.07) is 34.8. The zero-order chi connectivity index (χ0) is 23.8. The Hall–Kier alpha value is -4.64. The summed E-state index contributed by atoms with van der Waals surface area (Å²) in [5.41, 5.74) is 6.22. The Morgan fingerprint density at radius 1 is 0.800 bits per heavy atom. The molecule has 0 saturated heterocycles. The van der Waals surface area contributed by atoms with Gasteiger partial charge >= 0.3 is 0 Å². The van der Waals surface area contributed by atoms with Crippen molar-refractivity contribution in [2.75, 3.05) is 11.9 Å². The Bertz CT molecular complexity index is 1540. The van der Waals surface area contributed by atoms with Crippen molar-refractivity contribution in [2.24, 2.45) is 0 Å². The fourth-order valence-corrected chi connectivity index (χ4v) is 5.00. The number of para-hydroxylation sites is 2. The molecule has 1 aliphatic heterocycles. The summed E-state index contributed by atoms with van der Waals surface area (Å²) < 4.78 is 0. The number of amides is 2. The summed E-state index contributed by atoms with van der Waals surface area (Å²) in [6.07, 6.45) is 0. The number of anilines is 1. The molecule has 0 radical (unpaired) electrons. The SMILES string of the molecule is O=C(CN1C(=O)c2ccccc2[C@H]1c1c(-c2ccccc2)[nH]c2ccccc12)Nc1ccccc1. The summed E-state index contributed by atoms with van der Waals surface area (Å²) >= 11 is 0. The van der Waals surface area contributed by atoms with Gasteiger partial charge in [0.15, 0.2) is 0 Å². The van der Waals surface area contributed by atoms with Crippen LogP contribution in [0.15, 0.2) is 109 Å². The smallest absolute Gasteiger partial charge is 0.255 e. The van der Waals surface area contributed by atoms with Crippen molar-refractivity contribution < 1.29 is 9.59 Å². The molecule has 6 rings (SSSR count). The Balaban J connectivity index is 1.49. The Kier molecular flexibility index (Phi) is 5.15. The lowest BCUT2D eigenvalue weighted by Gasteiger charge is -2.26. The van der Waals surface area contributed by atoms with Gasteiger partial charge in [-0.05, 0) is 35.4 Å². The predicted molar refractivity (Wildman–Crippen MR) is 138 cm³/mol. The van der Waals surface area contributed by atoms with E-state index in [2.05, 4.69) is 28.5 Å². The fraction of sp³-hybridized carbons (Fsp3) is 0.0667. The molecule has 2 heterocycles. The maximum absolute atomic E-state index is 13.6. The van der Waals surface area contributed by atoms with E-state index in [9.17, 15) is 9.59 Å². The number of hydrogen-bond acceptors (Lipinski definition) is 2. The van der Waals surface area contributed by atoms with Crippen LogP contribution >= 0.6 is 0 Å². The number of rotatable bonds is 5. The van der Waals surface area contributed by atoms with Crippen molar-refractivity contribution in [2.45, 2.75) is 6.04 Å². The minimum atomic E-state index is -0.397. The number of carbonyl (C=O) groups is 2. The van der Waals surface area contributed by atoms with Gasteiger partial charge in [-0.15, -0.1) is 0 Å². The molecule has 5 aromatic rings. The van der Waals surface area contributed by atoms with E-state index in [1.807, 2.05) is 91.0 Å². The lowest BCUT2D eigenvalue weighted by atomic mass is 9.93. The van der Waals surface area contributed by atoms with E-state index >= 15 is 0 Å². The Morgan fingerprint density at radius 3 is 2.26 bits per heavy atom. The van der Waals surface area contributed by atoms with Crippen molar-refractivity contribution in [1.29, 1.82) is 0 Å². The average molecular weight is 458 g/mol. The first-order valence-electron chi connectivity index (χ1n) is 11.6. The molecule has 1 atom stereocenters. The zero-order valence-electron chi connectivity index (χ0n) is 18.9. The van der Waals surface area contributed by atoms with Crippen molar-refractivity contribution >= 4 is 28.4 Å². The number of benzene rings is 4. The molecule has 0 saturated carbocycles. The maximum Gasteiger partial charge on any atom is 0.255 e. The number of fused-ring (bicyclic) bond motifs is 2. The first kappa shape index (κ1) is 20.9.